The molecule has 35 heavy (non-hydrogen) atoms. The topological polar surface area (TPSA) is 63.1 Å². The van der Waals surface area contributed by atoms with Gasteiger partial charge in [0, 0.05) is 36.1 Å². The quantitative estimate of drug-likeness (QED) is 0.345. The van der Waals surface area contributed by atoms with Crippen LogP contribution in [0.5, 0.6) is 0 Å². The van der Waals surface area contributed by atoms with E-state index >= 15 is 0 Å². The lowest BCUT2D eigenvalue weighted by Crippen LogP contribution is -2.22. The largest absolute Gasteiger partial charge is 0.372 e. The zero-order valence-electron chi connectivity index (χ0n) is 21.2. The van der Waals surface area contributed by atoms with Crippen molar-refractivity contribution in [3.8, 4) is 5.69 Å². The van der Waals surface area contributed by atoms with E-state index in [1.54, 1.807) is 0 Å². The van der Waals surface area contributed by atoms with E-state index in [-0.39, 0.29) is 5.91 Å². The molecule has 0 saturated heterocycles. The van der Waals surface area contributed by atoms with Gasteiger partial charge in [0.1, 0.15) is 0 Å². The number of anilines is 2. The Kier molecular flexibility index (Phi) is 6.05. The highest BCUT2D eigenvalue weighted by atomic mass is 16.1. The number of aryl methyl sites for hydroxylation is 3. The number of benzene rings is 2. The second-order valence-electron chi connectivity index (χ2n) is 9.53. The molecule has 6 nitrogen and oxygen atoms in total. The third-order valence-corrected chi connectivity index (χ3v) is 6.94. The van der Waals surface area contributed by atoms with Crippen molar-refractivity contribution in [3.05, 3.63) is 76.6 Å². The Morgan fingerprint density at radius 1 is 1.03 bits per heavy atom. The van der Waals surface area contributed by atoms with Crippen molar-refractivity contribution in [2.24, 2.45) is 0 Å². The van der Waals surface area contributed by atoms with Crippen molar-refractivity contribution in [1.29, 1.82) is 0 Å². The van der Waals surface area contributed by atoms with Crippen molar-refractivity contribution < 1.29 is 4.79 Å². The van der Waals surface area contributed by atoms with Crippen LogP contribution in [0.3, 0.4) is 0 Å². The Morgan fingerprint density at radius 3 is 2.37 bits per heavy atom. The van der Waals surface area contributed by atoms with Crippen molar-refractivity contribution in [3.63, 3.8) is 0 Å². The molecule has 0 atom stereocenters. The molecule has 2 heterocycles. The number of carbonyl (C=O) groups is 1. The van der Waals surface area contributed by atoms with E-state index in [0.717, 1.165) is 65.3 Å². The maximum atomic E-state index is 13.7. The molecule has 0 radical (unpaired) electrons. The van der Waals surface area contributed by atoms with E-state index < -0.39 is 0 Å². The molecule has 0 spiro atoms. The van der Waals surface area contributed by atoms with E-state index in [1.165, 1.54) is 11.3 Å². The summed E-state index contributed by atoms with van der Waals surface area (Å²) in [5, 5.41) is 8.78. The van der Waals surface area contributed by atoms with Crippen LogP contribution >= 0.6 is 0 Å². The summed E-state index contributed by atoms with van der Waals surface area (Å²) < 4.78 is 1.87. The number of hydrogen-bond acceptors (Lipinski definition) is 4. The van der Waals surface area contributed by atoms with Crippen LogP contribution in [0.25, 0.3) is 16.7 Å². The van der Waals surface area contributed by atoms with Crippen molar-refractivity contribution in [2.45, 2.75) is 53.4 Å². The van der Waals surface area contributed by atoms with Crippen LogP contribution in [-0.4, -0.2) is 33.8 Å². The minimum Gasteiger partial charge on any atom is -0.372 e. The van der Waals surface area contributed by atoms with Gasteiger partial charge in [-0.25, -0.2) is 9.67 Å². The summed E-state index contributed by atoms with van der Waals surface area (Å²) in [4.78, 5) is 21.0. The lowest BCUT2D eigenvalue weighted by Gasteiger charge is -2.22. The highest BCUT2D eigenvalue weighted by Crippen LogP contribution is 2.41. The van der Waals surface area contributed by atoms with E-state index in [2.05, 4.69) is 55.3 Å². The molecule has 5 rings (SSSR count). The molecule has 1 fully saturated rings. The lowest BCUT2D eigenvalue weighted by molar-refractivity contribution is 0.102. The van der Waals surface area contributed by atoms with Gasteiger partial charge in [0.25, 0.3) is 5.91 Å². The summed E-state index contributed by atoms with van der Waals surface area (Å²) in [6.07, 6.45) is 2.23. The first-order chi connectivity index (χ1) is 16.9. The second-order valence-corrected chi connectivity index (χ2v) is 9.53. The third-order valence-electron chi connectivity index (χ3n) is 6.94. The minimum atomic E-state index is -0.121. The molecule has 0 aliphatic heterocycles. The molecule has 1 aliphatic carbocycles. The second kappa shape index (κ2) is 9.17. The Balaban J connectivity index is 1.56. The molecular formula is C29H33N5O. The summed E-state index contributed by atoms with van der Waals surface area (Å²) in [5.41, 5.74) is 8.34. The summed E-state index contributed by atoms with van der Waals surface area (Å²) in [6.45, 7) is 12.3. The van der Waals surface area contributed by atoms with Gasteiger partial charge in [-0.3, -0.25) is 4.79 Å². The third kappa shape index (κ3) is 4.41. The fourth-order valence-corrected chi connectivity index (χ4v) is 4.70. The lowest BCUT2D eigenvalue weighted by atomic mass is 10.1. The molecule has 2 aromatic heterocycles. The number of rotatable bonds is 7. The molecule has 4 aromatic rings. The van der Waals surface area contributed by atoms with Gasteiger partial charge in [0.2, 0.25) is 0 Å². The highest BCUT2D eigenvalue weighted by Gasteiger charge is 2.29. The molecule has 1 N–H and O–H groups in total. The number of carbonyl (C=O) groups excluding carboxylic acids is 1. The van der Waals surface area contributed by atoms with Crippen LogP contribution in [0, 0.1) is 20.8 Å². The van der Waals surface area contributed by atoms with Crippen LogP contribution in [0.1, 0.15) is 65.5 Å². The first-order valence-electron chi connectivity index (χ1n) is 12.5. The van der Waals surface area contributed by atoms with Gasteiger partial charge < -0.3 is 10.2 Å². The predicted molar refractivity (Wildman–Crippen MR) is 143 cm³/mol. The van der Waals surface area contributed by atoms with Crippen LogP contribution in [0.15, 0.2) is 48.5 Å². The van der Waals surface area contributed by atoms with Crippen molar-refractivity contribution in [1.82, 2.24) is 14.8 Å². The van der Waals surface area contributed by atoms with E-state index in [0.29, 0.717) is 11.5 Å². The fraction of sp³-hybridized carbons (Fsp3) is 0.345. The maximum Gasteiger partial charge on any atom is 0.256 e. The first kappa shape index (κ1) is 23.1. The number of fused-ring (bicyclic) bond motifs is 1. The molecule has 6 heteroatoms. The summed E-state index contributed by atoms with van der Waals surface area (Å²) >= 11 is 0. The Morgan fingerprint density at radius 2 is 1.74 bits per heavy atom. The van der Waals surface area contributed by atoms with Gasteiger partial charge in [-0.05, 0) is 89.4 Å². The van der Waals surface area contributed by atoms with Crippen LogP contribution < -0.4 is 10.2 Å². The van der Waals surface area contributed by atoms with Gasteiger partial charge in [0.05, 0.1) is 22.3 Å². The number of aromatic nitrogens is 3. The molecule has 1 saturated carbocycles. The molecule has 1 amide bonds. The average Bonchev–Trinajstić information content (AvgIpc) is 3.65. The van der Waals surface area contributed by atoms with Crippen LogP contribution in [0.4, 0.5) is 11.4 Å². The van der Waals surface area contributed by atoms with Gasteiger partial charge in [0.15, 0.2) is 5.65 Å². The van der Waals surface area contributed by atoms with Gasteiger partial charge in [-0.2, -0.15) is 5.10 Å². The average molecular weight is 468 g/mol. The van der Waals surface area contributed by atoms with E-state index in [1.807, 2.05) is 42.8 Å². The summed E-state index contributed by atoms with van der Waals surface area (Å²) in [7, 11) is 0. The fourth-order valence-electron chi connectivity index (χ4n) is 4.70. The number of amides is 1. The normalized spacial score (nSPS) is 13.3. The van der Waals surface area contributed by atoms with Gasteiger partial charge in [-0.1, -0.05) is 17.7 Å². The van der Waals surface area contributed by atoms with E-state index in [9.17, 15) is 4.79 Å². The van der Waals surface area contributed by atoms with Gasteiger partial charge >= 0.3 is 0 Å². The molecule has 2 aromatic carbocycles. The number of hydrogen-bond donors (Lipinski definition) is 1. The Hall–Kier alpha value is -3.67. The number of nitrogens with one attached hydrogen (secondary N) is 1. The smallest absolute Gasteiger partial charge is 0.256 e. The Bertz CT molecular complexity index is 1400. The number of pyridine rings is 1. The zero-order valence-corrected chi connectivity index (χ0v) is 21.2. The summed E-state index contributed by atoms with van der Waals surface area (Å²) in [5.74, 6) is 0.298. The number of nitrogens with zero attached hydrogens (tertiary/aromatic N) is 4. The SMILES string of the molecule is CCN(CC)c1ccc(NC(=O)c2cc(C3CC3)nc3c2c(C)nn3-c2ccc(C)cc2)c(C)c1. The van der Waals surface area contributed by atoms with E-state index in [4.69, 9.17) is 10.1 Å². The van der Waals surface area contributed by atoms with Crippen LogP contribution in [0.2, 0.25) is 0 Å². The predicted octanol–water partition coefficient (Wildman–Crippen LogP) is 6.32. The molecule has 0 bridgehead atoms. The van der Waals surface area contributed by atoms with Crippen LogP contribution in [-0.2, 0) is 0 Å². The summed E-state index contributed by atoms with van der Waals surface area (Å²) in [6, 6.07) is 16.4. The van der Waals surface area contributed by atoms with Gasteiger partial charge in [-0.15, -0.1) is 0 Å². The minimum absolute atomic E-state index is 0.121. The molecular weight excluding hydrogens is 434 g/mol. The van der Waals surface area contributed by atoms with Crippen molar-refractivity contribution in [2.75, 3.05) is 23.3 Å². The highest BCUT2D eigenvalue weighted by molar-refractivity contribution is 6.13. The zero-order chi connectivity index (χ0) is 24.7. The molecule has 0 unspecified atom stereocenters. The molecule has 1 aliphatic rings. The van der Waals surface area contributed by atoms with Crippen molar-refractivity contribution >= 4 is 28.3 Å². The maximum absolute atomic E-state index is 13.7. The first-order valence-corrected chi connectivity index (χ1v) is 12.5. The molecule has 180 valence electrons. The standard InChI is InChI=1S/C29H33N5O/c1-6-33(7-2)23-14-15-25(19(4)16-23)31-29(35)24-17-26(21-10-11-21)30-28-27(24)20(5)32-34(28)22-12-8-18(3)9-13-22/h8-9,12-17,21H,6-7,10-11H2,1-5H3,(H,31,35). The Labute approximate surface area is 207 Å². The monoisotopic (exact) mass is 467 g/mol.